The number of fused-ring (bicyclic) bond motifs is 1. The summed E-state index contributed by atoms with van der Waals surface area (Å²) in [5, 5.41) is 1.15. The van der Waals surface area contributed by atoms with E-state index in [1.165, 1.54) is 0 Å². The Bertz CT molecular complexity index is 377. The van der Waals surface area contributed by atoms with Crippen molar-refractivity contribution in [1.82, 2.24) is 0 Å². The second-order valence-electron chi connectivity index (χ2n) is 2.48. The summed E-state index contributed by atoms with van der Waals surface area (Å²) in [7, 11) is 0. The highest BCUT2D eigenvalue weighted by molar-refractivity contribution is 5.85. The number of anilines is 1. The maximum absolute atomic E-state index is 5.72. The van der Waals surface area contributed by atoms with E-state index in [-0.39, 0.29) is 0 Å². The van der Waals surface area contributed by atoms with Gasteiger partial charge in [0.2, 0.25) is 5.52 Å². The van der Waals surface area contributed by atoms with Gasteiger partial charge >= 0.3 is 0 Å². The summed E-state index contributed by atoms with van der Waals surface area (Å²) in [6.07, 6.45) is 1.87. The lowest BCUT2D eigenvalue weighted by atomic mass is 10.2. The summed E-state index contributed by atoms with van der Waals surface area (Å²) >= 11 is 0. The van der Waals surface area contributed by atoms with Gasteiger partial charge in [0.25, 0.3) is 0 Å². The number of nitrogens with two attached hydrogens (primary N) is 1. The van der Waals surface area contributed by atoms with E-state index >= 15 is 0 Å². The van der Waals surface area contributed by atoms with Gasteiger partial charge in [-0.2, -0.15) is 0 Å². The fourth-order valence-electron chi connectivity index (χ4n) is 1.18. The SMILES string of the molecule is Nc1cccc2ccc[nH+]c12. The van der Waals surface area contributed by atoms with Crippen LogP contribution in [-0.4, -0.2) is 0 Å². The number of nitrogens with one attached hydrogen (secondary N) is 1. The molecule has 0 aliphatic rings. The zero-order valence-corrected chi connectivity index (χ0v) is 6.04. The molecule has 0 fully saturated rings. The Morgan fingerprint density at radius 2 is 1.91 bits per heavy atom. The van der Waals surface area contributed by atoms with Crippen molar-refractivity contribution in [3.8, 4) is 0 Å². The monoisotopic (exact) mass is 145 g/mol. The molecule has 0 unspecified atom stereocenters. The predicted molar refractivity (Wildman–Crippen MR) is 44.9 cm³/mol. The van der Waals surface area contributed by atoms with Gasteiger partial charge in [-0.15, -0.1) is 0 Å². The molecule has 1 aromatic heterocycles. The van der Waals surface area contributed by atoms with E-state index in [4.69, 9.17) is 5.73 Å². The molecule has 0 spiro atoms. The van der Waals surface area contributed by atoms with Crippen molar-refractivity contribution >= 4 is 16.6 Å². The van der Waals surface area contributed by atoms with Gasteiger partial charge in [-0.3, -0.25) is 0 Å². The first-order valence-electron chi connectivity index (χ1n) is 3.53. The molecular formula is C9H9N2+. The van der Waals surface area contributed by atoms with Crippen molar-refractivity contribution in [3.05, 3.63) is 36.5 Å². The number of hydrogen-bond acceptors (Lipinski definition) is 1. The molecule has 2 rings (SSSR count). The number of nitrogen functional groups attached to an aromatic ring is 1. The Morgan fingerprint density at radius 1 is 1.09 bits per heavy atom. The molecule has 0 atom stereocenters. The smallest absolute Gasteiger partial charge is 0.233 e. The molecule has 1 aromatic carbocycles. The van der Waals surface area contributed by atoms with Crippen LogP contribution in [0.2, 0.25) is 0 Å². The molecule has 0 amide bonds. The standard InChI is InChI=1S/C9H8N2/c10-8-5-1-3-7-4-2-6-11-9(7)8/h1-6H,10H2/p+1. The minimum Gasteiger partial charge on any atom is -0.393 e. The lowest BCUT2D eigenvalue weighted by Crippen LogP contribution is -2.04. The van der Waals surface area contributed by atoms with E-state index < -0.39 is 0 Å². The summed E-state index contributed by atoms with van der Waals surface area (Å²) in [6, 6.07) is 9.86. The second kappa shape index (κ2) is 2.23. The molecule has 11 heavy (non-hydrogen) atoms. The van der Waals surface area contributed by atoms with Crippen LogP contribution < -0.4 is 10.7 Å². The maximum Gasteiger partial charge on any atom is 0.233 e. The zero-order chi connectivity index (χ0) is 7.68. The van der Waals surface area contributed by atoms with Crippen molar-refractivity contribution in [2.24, 2.45) is 0 Å². The average molecular weight is 145 g/mol. The molecule has 3 N–H and O–H groups in total. The van der Waals surface area contributed by atoms with E-state index in [0.29, 0.717) is 0 Å². The largest absolute Gasteiger partial charge is 0.393 e. The first kappa shape index (κ1) is 6.16. The number of para-hydroxylation sites is 1. The molecular weight excluding hydrogens is 136 g/mol. The van der Waals surface area contributed by atoms with E-state index in [9.17, 15) is 0 Å². The molecule has 0 aliphatic carbocycles. The molecule has 0 saturated heterocycles. The Morgan fingerprint density at radius 3 is 2.73 bits per heavy atom. The van der Waals surface area contributed by atoms with Crippen molar-refractivity contribution in [3.63, 3.8) is 0 Å². The molecule has 0 saturated carbocycles. The lowest BCUT2D eigenvalue weighted by Gasteiger charge is -1.92. The Hall–Kier alpha value is -1.57. The van der Waals surface area contributed by atoms with Crippen LogP contribution >= 0.6 is 0 Å². The number of pyridine rings is 1. The highest BCUT2D eigenvalue weighted by Crippen LogP contribution is 2.13. The third-order valence-electron chi connectivity index (χ3n) is 1.73. The molecule has 54 valence electrons. The Balaban J connectivity index is 2.91. The predicted octanol–water partition coefficient (Wildman–Crippen LogP) is 1.24. The second-order valence-corrected chi connectivity index (χ2v) is 2.48. The normalized spacial score (nSPS) is 10.2. The van der Waals surface area contributed by atoms with Crippen molar-refractivity contribution in [2.45, 2.75) is 0 Å². The Kier molecular flexibility index (Phi) is 1.25. The van der Waals surface area contributed by atoms with E-state index in [1.807, 2.05) is 36.5 Å². The molecule has 1 heterocycles. The van der Waals surface area contributed by atoms with Crippen LogP contribution in [0.3, 0.4) is 0 Å². The van der Waals surface area contributed by atoms with Gasteiger partial charge < -0.3 is 5.73 Å². The molecule has 2 aromatic rings. The third-order valence-corrected chi connectivity index (χ3v) is 1.73. The van der Waals surface area contributed by atoms with Crippen LogP contribution in [0, 0.1) is 0 Å². The average Bonchev–Trinajstić information content (AvgIpc) is 2.06. The van der Waals surface area contributed by atoms with Crippen molar-refractivity contribution < 1.29 is 4.98 Å². The van der Waals surface area contributed by atoms with Crippen molar-refractivity contribution in [1.29, 1.82) is 0 Å². The van der Waals surface area contributed by atoms with Crippen LogP contribution in [0.1, 0.15) is 0 Å². The number of aromatic nitrogens is 1. The van der Waals surface area contributed by atoms with Gasteiger partial charge in [-0.1, -0.05) is 6.07 Å². The van der Waals surface area contributed by atoms with Crippen LogP contribution in [0.15, 0.2) is 36.5 Å². The third kappa shape index (κ3) is 0.923. The van der Waals surface area contributed by atoms with E-state index in [2.05, 4.69) is 4.98 Å². The highest BCUT2D eigenvalue weighted by atomic mass is 14.7. The quantitative estimate of drug-likeness (QED) is 0.556. The first-order valence-corrected chi connectivity index (χ1v) is 3.53. The minimum absolute atomic E-state index is 0.795. The number of H-pyrrole nitrogens is 1. The van der Waals surface area contributed by atoms with Crippen molar-refractivity contribution in [2.75, 3.05) is 5.73 Å². The summed E-state index contributed by atoms with van der Waals surface area (Å²) in [6.45, 7) is 0. The first-order chi connectivity index (χ1) is 5.38. The number of rotatable bonds is 0. The van der Waals surface area contributed by atoms with Crippen LogP contribution in [0.25, 0.3) is 10.9 Å². The van der Waals surface area contributed by atoms with Gasteiger partial charge in [-0.25, -0.2) is 4.98 Å². The summed E-state index contributed by atoms with van der Waals surface area (Å²) < 4.78 is 0. The summed E-state index contributed by atoms with van der Waals surface area (Å²) in [5.74, 6) is 0. The zero-order valence-electron chi connectivity index (χ0n) is 6.04. The topological polar surface area (TPSA) is 40.2 Å². The van der Waals surface area contributed by atoms with Gasteiger partial charge in [-0.05, 0) is 18.2 Å². The molecule has 0 aliphatic heterocycles. The fourth-order valence-corrected chi connectivity index (χ4v) is 1.18. The lowest BCUT2D eigenvalue weighted by molar-refractivity contribution is -0.344. The summed E-state index contributed by atoms with van der Waals surface area (Å²) in [5.41, 5.74) is 7.53. The Labute approximate surface area is 64.7 Å². The number of hydrogen-bond donors (Lipinski definition) is 1. The minimum atomic E-state index is 0.795. The van der Waals surface area contributed by atoms with E-state index in [0.717, 1.165) is 16.6 Å². The van der Waals surface area contributed by atoms with Gasteiger partial charge in [0.1, 0.15) is 5.69 Å². The number of aromatic amines is 1. The van der Waals surface area contributed by atoms with Gasteiger partial charge in [0.15, 0.2) is 6.20 Å². The molecule has 0 radical (unpaired) electrons. The fraction of sp³-hybridized carbons (Fsp3) is 0. The molecule has 0 bridgehead atoms. The van der Waals surface area contributed by atoms with Gasteiger partial charge in [0.05, 0.1) is 0 Å². The van der Waals surface area contributed by atoms with Gasteiger partial charge in [0, 0.05) is 11.5 Å². The van der Waals surface area contributed by atoms with Crippen LogP contribution in [-0.2, 0) is 0 Å². The van der Waals surface area contributed by atoms with E-state index in [1.54, 1.807) is 0 Å². The van der Waals surface area contributed by atoms with Crippen LogP contribution in [0.5, 0.6) is 0 Å². The molecule has 2 nitrogen and oxygen atoms in total. The van der Waals surface area contributed by atoms with Crippen LogP contribution in [0.4, 0.5) is 5.69 Å². The number of benzene rings is 1. The summed E-state index contributed by atoms with van der Waals surface area (Å²) in [4.78, 5) is 3.09. The molecule has 2 heteroatoms. The maximum atomic E-state index is 5.72. The highest BCUT2D eigenvalue weighted by Gasteiger charge is 2.00.